The number of carboxylic acids is 1. The monoisotopic (exact) mass is 557 g/mol. The summed E-state index contributed by atoms with van der Waals surface area (Å²) in [5.41, 5.74) is 7.50. The molecule has 0 saturated carbocycles. The number of benzene rings is 4. The molecule has 1 saturated heterocycles. The van der Waals surface area contributed by atoms with Gasteiger partial charge in [-0.1, -0.05) is 54.6 Å². The van der Waals surface area contributed by atoms with Gasteiger partial charge in [-0.2, -0.15) is 0 Å². The lowest BCUT2D eigenvalue weighted by molar-refractivity contribution is 0.0697. The van der Waals surface area contributed by atoms with Gasteiger partial charge in [0.1, 0.15) is 11.6 Å². The Morgan fingerprint density at radius 1 is 0.810 bits per heavy atom. The molecule has 42 heavy (non-hydrogen) atoms. The van der Waals surface area contributed by atoms with Gasteiger partial charge in [-0.25, -0.2) is 24.1 Å². The predicted molar refractivity (Wildman–Crippen MR) is 161 cm³/mol. The molecular weight excluding hydrogens is 529 g/mol. The molecule has 0 atom stereocenters. The van der Waals surface area contributed by atoms with E-state index in [1.165, 1.54) is 17.7 Å². The largest absolute Gasteiger partial charge is 0.478 e. The molecule has 1 aliphatic heterocycles. The number of aromatic amines is 1. The van der Waals surface area contributed by atoms with Crippen LogP contribution >= 0.6 is 0 Å². The number of carbonyl (C=O) groups is 1. The Morgan fingerprint density at radius 2 is 1.50 bits per heavy atom. The summed E-state index contributed by atoms with van der Waals surface area (Å²) in [6.07, 6.45) is 1.98. The molecule has 2 aromatic heterocycles. The quantitative estimate of drug-likeness (QED) is 0.228. The third kappa shape index (κ3) is 5.12. The molecule has 1 aliphatic rings. The molecule has 208 valence electrons. The smallest absolute Gasteiger partial charge is 0.335 e. The van der Waals surface area contributed by atoms with Gasteiger partial charge in [0.15, 0.2) is 0 Å². The molecule has 0 spiro atoms. The highest BCUT2D eigenvalue weighted by atomic mass is 19.1. The lowest BCUT2D eigenvalue weighted by Crippen LogP contribution is -2.32. The number of hydrogen-bond acceptors (Lipinski definition) is 5. The molecule has 3 heterocycles. The van der Waals surface area contributed by atoms with Crippen LogP contribution in [0.15, 0.2) is 91.0 Å². The second kappa shape index (κ2) is 10.8. The molecule has 7 rings (SSSR count). The van der Waals surface area contributed by atoms with E-state index in [4.69, 9.17) is 15.0 Å². The average Bonchev–Trinajstić information content (AvgIpc) is 3.44. The maximum atomic E-state index is 13.6. The number of carboxylic acid groups (broad SMARTS) is 1. The Bertz CT molecular complexity index is 1910. The molecule has 0 aliphatic carbocycles. The van der Waals surface area contributed by atoms with Crippen molar-refractivity contribution in [1.82, 2.24) is 24.8 Å². The van der Waals surface area contributed by atoms with Gasteiger partial charge in [0.05, 0.1) is 39.0 Å². The second-order valence-electron chi connectivity index (χ2n) is 10.8. The topological polar surface area (TPSA) is 95.0 Å². The van der Waals surface area contributed by atoms with Gasteiger partial charge in [-0.3, -0.25) is 4.90 Å². The van der Waals surface area contributed by atoms with Gasteiger partial charge < -0.3 is 10.1 Å². The van der Waals surface area contributed by atoms with Gasteiger partial charge in [0, 0.05) is 23.6 Å². The van der Waals surface area contributed by atoms with E-state index in [1.54, 1.807) is 24.3 Å². The van der Waals surface area contributed by atoms with Crippen molar-refractivity contribution in [2.24, 2.45) is 0 Å². The van der Waals surface area contributed by atoms with Crippen molar-refractivity contribution in [3.63, 3.8) is 0 Å². The third-order valence-electron chi connectivity index (χ3n) is 8.03. The zero-order chi connectivity index (χ0) is 28.6. The normalized spacial score (nSPS) is 14.5. The number of aromatic nitrogens is 4. The molecule has 1 fully saturated rings. The van der Waals surface area contributed by atoms with Crippen LogP contribution in [-0.2, 0) is 6.54 Å². The minimum Gasteiger partial charge on any atom is -0.478 e. The SMILES string of the molecule is O=C(O)c1ccc2nc(-c3ccccc3)c(-c3ccc(CN4CCC(c5nc6ccc(F)cc6[nH]5)CC4)cc3)nc2c1. The standard InChI is InChI=1S/C34H28FN5O2/c35-26-11-13-28-30(19-26)39-33(38-28)24-14-16-40(17-15-24)20-21-6-8-23(9-7-21)32-31(22-4-2-1-3-5-22)36-27-12-10-25(34(41)42)18-29(27)37-32/h1-13,18-19,24H,14-17,20H2,(H,38,39)(H,41,42). The zero-order valence-electron chi connectivity index (χ0n) is 22.8. The van der Waals surface area contributed by atoms with Crippen LogP contribution in [0.2, 0.25) is 0 Å². The Labute approximate surface area is 241 Å². The molecule has 0 bridgehead atoms. The van der Waals surface area contributed by atoms with Crippen molar-refractivity contribution >= 4 is 28.0 Å². The maximum Gasteiger partial charge on any atom is 0.335 e. The van der Waals surface area contributed by atoms with Crippen LogP contribution in [0.3, 0.4) is 0 Å². The number of likely N-dealkylation sites (tertiary alicyclic amines) is 1. The number of H-pyrrole nitrogens is 1. The highest BCUT2D eigenvalue weighted by Crippen LogP contribution is 2.32. The zero-order valence-corrected chi connectivity index (χ0v) is 22.8. The highest BCUT2D eigenvalue weighted by molar-refractivity contribution is 5.94. The summed E-state index contributed by atoms with van der Waals surface area (Å²) in [5, 5.41) is 9.47. The minimum absolute atomic E-state index is 0.184. The fraction of sp³-hybridized carbons (Fsp3) is 0.176. The van der Waals surface area contributed by atoms with E-state index in [1.807, 2.05) is 30.3 Å². The van der Waals surface area contributed by atoms with E-state index < -0.39 is 5.97 Å². The Balaban J connectivity index is 1.10. The number of rotatable bonds is 6. The first-order valence-electron chi connectivity index (χ1n) is 14.1. The summed E-state index contributed by atoms with van der Waals surface area (Å²) in [7, 11) is 0. The first-order chi connectivity index (χ1) is 20.5. The van der Waals surface area contributed by atoms with E-state index in [0.717, 1.165) is 66.2 Å². The third-order valence-corrected chi connectivity index (χ3v) is 8.03. The van der Waals surface area contributed by atoms with Gasteiger partial charge in [-0.15, -0.1) is 0 Å². The van der Waals surface area contributed by atoms with Gasteiger partial charge >= 0.3 is 5.97 Å². The minimum atomic E-state index is -0.992. The molecule has 0 amide bonds. The first-order valence-corrected chi connectivity index (χ1v) is 14.1. The van der Waals surface area contributed by atoms with Crippen LogP contribution in [0, 0.1) is 5.82 Å². The van der Waals surface area contributed by atoms with E-state index in [9.17, 15) is 14.3 Å². The second-order valence-corrected chi connectivity index (χ2v) is 10.8. The average molecular weight is 558 g/mol. The van der Waals surface area contributed by atoms with E-state index in [2.05, 4.69) is 34.1 Å². The first kappa shape index (κ1) is 26.0. The fourth-order valence-corrected chi connectivity index (χ4v) is 5.77. The van der Waals surface area contributed by atoms with Crippen LogP contribution in [0.25, 0.3) is 44.6 Å². The number of nitrogens with zero attached hydrogens (tertiary/aromatic N) is 4. The van der Waals surface area contributed by atoms with Gasteiger partial charge in [0.2, 0.25) is 0 Å². The van der Waals surface area contributed by atoms with Gasteiger partial charge in [-0.05, 0) is 67.9 Å². The molecule has 0 radical (unpaired) electrons. The molecule has 8 heteroatoms. The van der Waals surface area contributed by atoms with Crippen molar-refractivity contribution in [3.05, 3.63) is 114 Å². The summed E-state index contributed by atoms with van der Waals surface area (Å²) < 4.78 is 13.6. The molecule has 0 unspecified atom stereocenters. The summed E-state index contributed by atoms with van der Waals surface area (Å²) in [6.45, 7) is 2.76. The number of halogens is 1. The number of piperidine rings is 1. The molecule has 6 aromatic rings. The van der Waals surface area contributed by atoms with E-state index in [-0.39, 0.29) is 11.4 Å². The van der Waals surface area contributed by atoms with Crippen LogP contribution in [0.4, 0.5) is 4.39 Å². The van der Waals surface area contributed by atoms with Crippen molar-refractivity contribution < 1.29 is 14.3 Å². The number of imidazole rings is 1. The fourth-order valence-electron chi connectivity index (χ4n) is 5.77. The Hall–Kier alpha value is -4.95. The molecule has 2 N–H and O–H groups in total. The highest BCUT2D eigenvalue weighted by Gasteiger charge is 2.23. The molecule has 7 nitrogen and oxygen atoms in total. The summed E-state index contributed by atoms with van der Waals surface area (Å²) in [5.74, 6) is 0.0352. The number of nitrogens with one attached hydrogen (secondary N) is 1. The number of fused-ring (bicyclic) bond motifs is 2. The van der Waals surface area contributed by atoms with Crippen LogP contribution in [-0.4, -0.2) is 49.0 Å². The Morgan fingerprint density at radius 3 is 2.24 bits per heavy atom. The molecular formula is C34H28FN5O2. The van der Waals surface area contributed by atoms with Crippen molar-refractivity contribution in [1.29, 1.82) is 0 Å². The van der Waals surface area contributed by atoms with Crippen LogP contribution < -0.4 is 0 Å². The Kier molecular flexibility index (Phi) is 6.68. The van der Waals surface area contributed by atoms with E-state index >= 15 is 0 Å². The van der Waals surface area contributed by atoms with Crippen molar-refractivity contribution in [2.45, 2.75) is 25.3 Å². The van der Waals surface area contributed by atoms with Gasteiger partial charge in [0.25, 0.3) is 0 Å². The number of aromatic carboxylic acids is 1. The molecule has 4 aromatic carbocycles. The van der Waals surface area contributed by atoms with Crippen LogP contribution in [0.1, 0.15) is 40.5 Å². The van der Waals surface area contributed by atoms with Crippen molar-refractivity contribution in [2.75, 3.05) is 13.1 Å². The maximum absolute atomic E-state index is 13.6. The summed E-state index contributed by atoms with van der Waals surface area (Å²) in [4.78, 5) is 31.8. The lowest BCUT2D eigenvalue weighted by atomic mass is 9.95. The lowest BCUT2D eigenvalue weighted by Gasteiger charge is -2.31. The van der Waals surface area contributed by atoms with E-state index in [0.29, 0.717) is 22.6 Å². The van der Waals surface area contributed by atoms with Crippen molar-refractivity contribution in [3.8, 4) is 22.5 Å². The summed E-state index contributed by atoms with van der Waals surface area (Å²) >= 11 is 0. The summed E-state index contributed by atoms with van der Waals surface area (Å²) in [6, 6.07) is 27.8. The predicted octanol–water partition coefficient (Wildman–Crippen LogP) is 7.06. The number of hydrogen-bond donors (Lipinski definition) is 2. The van der Waals surface area contributed by atoms with Crippen LogP contribution in [0.5, 0.6) is 0 Å².